The molecule has 3 aromatic heterocycles. The van der Waals surface area contributed by atoms with E-state index in [-0.39, 0.29) is 5.56 Å². The molecule has 0 saturated carbocycles. The molecule has 4 nitrogen and oxygen atoms in total. The van der Waals surface area contributed by atoms with Gasteiger partial charge < -0.3 is 4.98 Å². The van der Waals surface area contributed by atoms with Gasteiger partial charge in [0.1, 0.15) is 0 Å². The normalized spacial score (nSPS) is 11.9. The van der Waals surface area contributed by atoms with E-state index >= 15 is 0 Å². The Hall–Kier alpha value is -2.44. The van der Waals surface area contributed by atoms with Crippen molar-refractivity contribution in [1.29, 1.82) is 0 Å². The average Bonchev–Trinajstić information content (AvgIpc) is 2.85. The minimum atomic E-state index is -4.46. The van der Waals surface area contributed by atoms with Crippen molar-refractivity contribution in [2.24, 2.45) is 0 Å². The van der Waals surface area contributed by atoms with Crippen LogP contribution < -0.4 is 0 Å². The Labute approximate surface area is 105 Å². The summed E-state index contributed by atoms with van der Waals surface area (Å²) in [7, 11) is 0. The van der Waals surface area contributed by atoms with Gasteiger partial charge in [-0.3, -0.25) is 4.98 Å². The number of nitrogens with one attached hydrogen (secondary N) is 1. The first-order chi connectivity index (χ1) is 9.07. The van der Waals surface area contributed by atoms with Crippen molar-refractivity contribution in [3.63, 3.8) is 0 Å². The van der Waals surface area contributed by atoms with Crippen molar-refractivity contribution < 1.29 is 13.2 Å². The van der Waals surface area contributed by atoms with E-state index in [4.69, 9.17) is 0 Å². The quantitative estimate of drug-likeness (QED) is 0.735. The second-order valence-electron chi connectivity index (χ2n) is 3.88. The molecule has 0 spiro atoms. The van der Waals surface area contributed by atoms with Crippen LogP contribution in [0.5, 0.6) is 0 Å². The molecule has 0 radical (unpaired) electrons. The van der Waals surface area contributed by atoms with Gasteiger partial charge in [-0.25, -0.2) is 9.97 Å². The molecular formula is C12H7F3N4. The van der Waals surface area contributed by atoms with Gasteiger partial charge in [0.05, 0.1) is 17.4 Å². The lowest BCUT2D eigenvalue weighted by atomic mass is 10.0. The van der Waals surface area contributed by atoms with Gasteiger partial charge in [-0.2, -0.15) is 13.2 Å². The number of H-pyrrole nitrogens is 1. The van der Waals surface area contributed by atoms with Crippen molar-refractivity contribution in [2.75, 3.05) is 0 Å². The van der Waals surface area contributed by atoms with Crippen molar-refractivity contribution in [3.8, 4) is 11.1 Å². The molecule has 0 fully saturated rings. The zero-order chi connectivity index (χ0) is 13.5. The van der Waals surface area contributed by atoms with E-state index < -0.39 is 11.7 Å². The smallest absolute Gasteiger partial charge is 0.343 e. The van der Waals surface area contributed by atoms with Gasteiger partial charge in [0, 0.05) is 24.2 Å². The first kappa shape index (κ1) is 11.6. The summed E-state index contributed by atoms with van der Waals surface area (Å²) in [4.78, 5) is 14.3. The van der Waals surface area contributed by atoms with Crippen LogP contribution in [-0.2, 0) is 6.18 Å². The van der Waals surface area contributed by atoms with E-state index in [0.717, 1.165) is 6.20 Å². The van der Waals surface area contributed by atoms with Crippen LogP contribution in [0.4, 0.5) is 13.2 Å². The van der Waals surface area contributed by atoms with E-state index in [0.29, 0.717) is 16.7 Å². The van der Waals surface area contributed by atoms with E-state index in [2.05, 4.69) is 19.9 Å². The van der Waals surface area contributed by atoms with Crippen LogP contribution in [0.3, 0.4) is 0 Å². The second kappa shape index (κ2) is 4.04. The Morgan fingerprint density at radius 1 is 1.00 bits per heavy atom. The number of nitrogens with zero attached hydrogens (tertiary/aromatic N) is 3. The zero-order valence-electron chi connectivity index (χ0n) is 9.44. The molecule has 3 aromatic rings. The predicted octanol–water partition coefficient (Wildman–Crippen LogP) is 3.04. The number of halogens is 3. The molecular weight excluding hydrogens is 257 g/mol. The van der Waals surface area contributed by atoms with Gasteiger partial charge in [0.15, 0.2) is 5.65 Å². The van der Waals surface area contributed by atoms with Crippen LogP contribution in [0.1, 0.15) is 5.56 Å². The van der Waals surface area contributed by atoms with Gasteiger partial charge in [-0.1, -0.05) is 0 Å². The number of aromatic amines is 1. The van der Waals surface area contributed by atoms with Gasteiger partial charge in [-0.05, 0) is 17.7 Å². The van der Waals surface area contributed by atoms with Crippen molar-refractivity contribution in [3.05, 3.63) is 42.6 Å². The minimum Gasteiger partial charge on any atom is -0.343 e. The maximum atomic E-state index is 13.0. The summed E-state index contributed by atoms with van der Waals surface area (Å²) >= 11 is 0. The van der Waals surface area contributed by atoms with Crippen LogP contribution in [-0.4, -0.2) is 19.9 Å². The van der Waals surface area contributed by atoms with E-state index in [9.17, 15) is 13.2 Å². The summed E-state index contributed by atoms with van der Waals surface area (Å²) in [6.45, 7) is 0. The highest BCUT2D eigenvalue weighted by Gasteiger charge is 2.34. The fourth-order valence-electron chi connectivity index (χ4n) is 1.93. The third-order valence-electron chi connectivity index (χ3n) is 2.74. The molecule has 0 unspecified atom stereocenters. The maximum absolute atomic E-state index is 13.0. The lowest BCUT2D eigenvalue weighted by molar-refractivity contribution is -0.137. The third-order valence-corrected chi connectivity index (χ3v) is 2.74. The minimum absolute atomic E-state index is 0.0548. The van der Waals surface area contributed by atoms with Crippen LogP contribution >= 0.6 is 0 Å². The molecule has 0 atom stereocenters. The fourth-order valence-corrected chi connectivity index (χ4v) is 1.93. The molecule has 7 heteroatoms. The monoisotopic (exact) mass is 264 g/mol. The summed E-state index contributed by atoms with van der Waals surface area (Å²) < 4.78 is 38.9. The molecule has 0 amide bonds. The molecule has 96 valence electrons. The number of hydrogen-bond donors (Lipinski definition) is 1. The maximum Gasteiger partial charge on any atom is 0.418 e. The topological polar surface area (TPSA) is 54.5 Å². The van der Waals surface area contributed by atoms with Crippen LogP contribution in [0, 0.1) is 0 Å². The van der Waals surface area contributed by atoms with Crippen LogP contribution in [0.25, 0.3) is 22.3 Å². The standard InChI is InChI=1S/C12H7F3N4/c13-12(14,15)9-5-16-3-1-7(9)8-2-4-17-11-10(8)18-6-19-11/h1-6H,(H,17,18,19). The number of alkyl halides is 3. The van der Waals surface area contributed by atoms with E-state index in [1.54, 1.807) is 0 Å². The molecule has 0 aliphatic carbocycles. The summed E-state index contributed by atoms with van der Waals surface area (Å²) in [5.74, 6) is 0. The van der Waals surface area contributed by atoms with Gasteiger partial charge in [0.2, 0.25) is 0 Å². The van der Waals surface area contributed by atoms with Crippen LogP contribution in [0.2, 0.25) is 0 Å². The lowest BCUT2D eigenvalue weighted by Crippen LogP contribution is -2.07. The summed E-state index contributed by atoms with van der Waals surface area (Å²) in [6.07, 6.45) is 0.513. The Balaban J connectivity index is 2.31. The first-order valence-electron chi connectivity index (χ1n) is 5.37. The average molecular weight is 264 g/mol. The number of fused-ring (bicyclic) bond motifs is 1. The Bertz CT molecular complexity index is 733. The molecule has 0 saturated heterocycles. The Morgan fingerprint density at radius 2 is 1.79 bits per heavy atom. The van der Waals surface area contributed by atoms with Crippen molar-refractivity contribution in [2.45, 2.75) is 6.18 Å². The van der Waals surface area contributed by atoms with Gasteiger partial charge in [-0.15, -0.1) is 0 Å². The van der Waals surface area contributed by atoms with Crippen molar-refractivity contribution >= 4 is 11.2 Å². The highest BCUT2D eigenvalue weighted by atomic mass is 19.4. The van der Waals surface area contributed by atoms with E-state index in [1.807, 2.05) is 0 Å². The van der Waals surface area contributed by atoms with Gasteiger partial charge in [0.25, 0.3) is 0 Å². The summed E-state index contributed by atoms with van der Waals surface area (Å²) in [5, 5.41) is 0. The predicted molar refractivity (Wildman–Crippen MR) is 62.1 cm³/mol. The van der Waals surface area contributed by atoms with Gasteiger partial charge >= 0.3 is 6.18 Å². The number of imidazole rings is 1. The van der Waals surface area contributed by atoms with Crippen LogP contribution in [0.15, 0.2) is 37.1 Å². The summed E-state index contributed by atoms with van der Waals surface area (Å²) in [6, 6.07) is 2.85. The molecule has 19 heavy (non-hydrogen) atoms. The zero-order valence-corrected chi connectivity index (χ0v) is 9.44. The lowest BCUT2D eigenvalue weighted by Gasteiger charge is -2.12. The highest BCUT2D eigenvalue weighted by Crippen LogP contribution is 2.37. The molecule has 3 rings (SSSR count). The highest BCUT2D eigenvalue weighted by molar-refractivity contribution is 5.90. The molecule has 0 aromatic carbocycles. The molecule has 3 heterocycles. The number of aromatic nitrogens is 4. The molecule has 0 bridgehead atoms. The first-order valence-corrected chi connectivity index (χ1v) is 5.37. The van der Waals surface area contributed by atoms with E-state index in [1.165, 1.54) is 30.9 Å². The third kappa shape index (κ3) is 1.92. The second-order valence-corrected chi connectivity index (χ2v) is 3.88. The number of pyridine rings is 2. The molecule has 0 aliphatic rings. The largest absolute Gasteiger partial charge is 0.418 e. The summed E-state index contributed by atoms with van der Waals surface area (Å²) in [5.41, 5.74) is 0.523. The Kier molecular flexibility index (Phi) is 2.48. The van der Waals surface area contributed by atoms with Crippen molar-refractivity contribution in [1.82, 2.24) is 19.9 Å². The number of hydrogen-bond acceptors (Lipinski definition) is 3. The molecule has 1 N–H and O–H groups in total. The number of rotatable bonds is 1. The molecule has 0 aliphatic heterocycles. The Morgan fingerprint density at radius 3 is 2.58 bits per heavy atom. The fraction of sp³-hybridized carbons (Fsp3) is 0.0833. The SMILES string of the molecule is FC(F)(F)c1cnccc1-c1ccnc2nc[nH]c12.